The van der Waals surface area contributed by atoms with Gasteiger partial charge >= 0.3 is 5.69 Å². The first-order chi connectivity index (χ1) is 8.54. The van der Waals surface area contributed by atoms with E-state index in [1.807, 2.05) is 18.4 Å². The van der Waals surface area contributed by atoms with E-state index in [0.29, 0.717) is 17.3 Å². The zero-order chi connectivity index (χ0) is 13.3. The summed E-state index contributed by atoms with van der Waals surface area (Å²) in [6, 6.07) is 1.92. The maximum atomic E-state index is 11.2. The zero-order valence-corrected chi connectivity index (χ0v) is 11.0. The van der Waals surface area contributed by atoms with Gasteiger partial charge in [-0.15, -0.1) is 11.3 Å². The summed E-state index contributed by atoms with van der Waals surface area (Å²) in [7, 11) is 1.69. The van der Waals surface area contributed by atoms with Crippen molar-refractivity contribution in [3.05, 3.63) is 32.8 Å². The first-order valence-corrected chi connectivity index (χ1v) is 6.17. The van der Waals surface area contributed by atoms with E-state index in [9.17, 15) is 10.1 Å². The van der Waals surface area contributed by atoms with Crippen molar-refractivity contribution in [2.45, 2.75) is 13.8 Å². The Labute approximate surface area is 108 Å². The van der Waals surface area contributed by atoms with Crippen LogP contribution >= 0.6 is 11.3 Å². The van der Waals surface area contributed by atoms with Gasteiger partial charge in [-0.2, -0.15) is 0 Å². The van der Waals surface area contributed by atoms with Gasteiger partial charge in [-0.25, -0.2) is 9.97 Å². The molecule has 0 unspecified atom stereocenters. The van der Waals surface area contributed by atoms with Crippen molar-refractivity contribution >= 4 is 23.0 Å². The minimum atomic E-state index is -0.427. The van der Waals surface area contributed by atoms with E-state index in [2.05, 4.69) is 15.3 Å². The van der Waals surface area contributed by atoms with Crippen LogP contribution in [0.25, 0.3) is 10.6 Å². The van der Waals surface area contributed by atoms with Gasteiger partial charge in [0.25, 0.3) is 0 Å². The van der Waals surface area contributed by atoms with Gasteiger partial charge in [0, 0.05) is 7.05 Å². The predicted molar refractivity (Wildman–Crippen MR) is 71.0 cm³/mol. The zero-order valence-electron chi connectivity index (χ0n) is 10.2. The van der Waals surface area contributed by atoms with Crippen molar-refractivity contribution < 1.29 is 4.92 Å². The second-order valence-electron chi connectivity index (χ2n) is 3.77. The fourth-order valence-electron chi connectivity index (χ4n) is 1.67. The minimum Gasteiger partial charge on any atom is -0.357 e. The summed E-state index contributed by atoms with van der Waals surface area (Å²) >= 11 is 1.44. The number of thiophene rings is 1. The fraction of sp³-hybridized carbons (Fsp3) is 0.273. The lowest BCUT2D eigenvalue weighted by Gasteiger charge is -2.06. The molecule has 2 aromatic heterocycles. The molecule has 0 aliphatic heterocycles. The van der Waals surface area contributed by atoms with E-state index in [1.54, 1.807) is 14.0 Å². The van der Waals surface area contributed by atoms with Crippen molar-refractivity contribution in [3.63, 3.8) is 0 Å². The summed E-state index contributed by atoms with van der Waals surface area (Å²) in [6.07, 6.45) is 0. The van der Waals surface area contributed by atoms with Gasteiger partial charge in [0.2, 0.25) is 5.95 Å². The molecule has 0 fully saturated rings. The molecule has 2 heterocycles. The van der Waals surface area contributed by atoms with E-state index >= 15 is 0 Å². The average molecular weight is 264 g/mol. The Morgan fingerprint density at radius 3 is 2.61 bits per heavy atom. The summed E-state index contributed by atoms with van der Waals surface area (Å²) in [4.78, 5) is 19.8. The van der Waals surface area contributed by atoms with E-state index < -0.39 is 4.92 Å². The normalized spacial score (nSPS) is 10.4. The van der Waals surface area contributed by atoms with E-state index in [0.717, 1.165) is 10.4 Å². The van der Waals surface area contributed by atoms with Gasteiger partial charge in [-0.1, -0.05) is 0 Å². The second kappa shape index (κ2) is 4.69. The molecule has 0 aliphatic carbocycles. The Hall–Kier alpha value is -2.02. The Balaban J connectivity index is 2.74. The molecular weight excluding hydrogens is 252 g/mol. The fourth-order valence-corrected chi connectivity index (χ4v) is 2.59. The number of hydrogen-bond acceptors (Lipinski definition) is 6. The van der Waals surface area contributed by atoms with Crippen LogP contribution in [0.3, 0.4) is 0 Å². The van der Waals surface area contributed by atoms with Crippen molar-refractivity contribution in [1.29, 1.82) is 0 Å². The Morgan fingerprint density at radius 1 is 1.39 bits per heavy atom. The highest BCUT2D eigenvalue weighted by molar-refractivity contribution is 7.13. The van der Waals surface area contributed by atoms with Gasteiger partial charge < -0.3 is 5.32 Å². The molecule has 0 amide bonds. The molecule has 1 N–H and O–H groups in total. The van der Waals surface area contributed by atoms with Crippen LogP contribution in [0.5, 0.6) is 0 Å². The number of aromatic nitrogens is 2. The van der Waals surface area contributed by atoms with Crippen molar-refractivity contribution in [1.82, 2.24) is 9.97 Å². The number of hydrogen-bond donors (Lipinski definition) is 1. The summed E-state index contributed by atoms with van der Waals surface area (Å²) < 4.78 is 0. The molecule has 0 aliphatic rings. The lowest BCUT2D eigenvalue weighted by Crippen LogP contribution is -2.04. The smallest absolute Gasteiger partial charge is 0.317 e. The van der Waals surface area contributed by atoms with E-state index in [4.69, 9.17) is 0 Å². The third kappa shape index (κ3) is 2.04. The number of rotatable bonds is 3. The molecule has 6 nitrogen and oxygen atoms in total. The number of nitrogens with one attached hydrogen (secondary N) is 1. The van der Waals surface area contributed by atoms with Crippen LogP contribution in [0.2, 0.25) is 0 Å². The Kier molecular flexibility index (Phi) is 3.24. The topological polar surface area (TPSA) is 81.0 Å². The molecule has 0 aromatic carbocycles. The first-order valence-electron chi connectivity index (χ1n) is 5.30. The summed E-state index contributed by atoms with van der Waals surface area (Å²) in [5, 5.41) is 15.9. The van der Waals surface area contributed by atoms with Crippen LogP contribution in [0.1, 0.15) is 11.3 Å². The van der Waals surface area contributed by atoms with Crippen LogP contribution in [0.15, 0.2) is 11.4 Å². The SMILES string of the molecule is CNc1nc(C)c([N+](=O)[O-])c(-c2sccc2C)n1. The van der Waals surface area contributed by atoms with E-state index in [1.165, 1.54) is 11.3 Å². The summed E-state index contributed by atoms with van der Waals surface area (Å²) in [6.45, 7) is 3.53. The monoisotopic (exact) mass is 264 g/mol. The Bertz CT molecular complexity index is 609. The van der Waals surface area contributed by atoms with Crippen LogP contribution in [0.4, 0.5) is 11.6 Å². The van der Waals surface area contributed by atoms with Crippen LogP contribution < -0.4 is 5.32 Å². The molecule has 0 saturated carbocycles. The lowest BCUT2D eigenvalue weighted by molar-refractivity contribution is -0.385. The number of aryl methyl sites for hydroxylation is 2. The maximum absolute atomic E-state index is 11.2. The molecule has 2 aromatic rings. The van der Waals surface area contributed by atoms with Crippen LogP contribution in [-0.2, 0) is 0 Å². The van der Waals surface area contributed by atoms with Crippen molar-refractivity contribution in [3.8, 4) is 10.6 Å². The first kappa shape index (κ1) is 12.4. The highest BCUT2D eigenvalue weighted by Gasteiger charge is 2.24. The molecule has 94 valence electrons. The molecule has 7 heteroatoms. The number of anilines is 1. The van der Waals surface area contributed by atoms with Gasteiger partial charge in [0.15, 0.2) is 5.69 Å². The molecular formula is C11H12N4O2S. The summed E-state index contributed by atoms with van der Waals surface area (Å²) in [5.74, 6) is 0.390. The van der Waals surface area contributed by atoms with Gasteiger partial charge in [-0.3, -0.25) is 10.1 Å². The van der Waals surface area contributed by atoms with E-state index in [-0.39, 0.29) is 5.69 Å². The van der Waals surface area contributed by atoms with Crippen molar-refractivity contribution in [2.75, 3.05) is 12.4 Å². The molecule has 0 radical (unpaired) electrons. The standard InChI is InChI=1S/C11H12N4O2S/c1-6-4-5-18-10(6)8-9(15(16)17)7(2)13-11(12-3)14-8/h4-5H,1-3H3,(H,12,13,14). The van der Waals surface area contributed by atoms with Gasteiger partial charge in [0.1, 0.15) is 5.69 Å². The number of nitrogens with zero attached hydrogens (tertiary/aromatic N) is 3. The van der Waals surface area contributed by atoms with Gasteiger partial charge in [-0.05, 0) is 30.9 Å². The van der Waals surface area contributed by atoms with Crippen molar-refractivity contribution in [2.24, 2.45) is 0 Å². The highest BCUT2D eigenvalue weighted by atomic mass is 32.1. The largest absolute Gasteiger partial charge is 0.357 e. The average Bonchev–Trinajstić information content (AvgIpc) is 2.73. The highest BCUT2D eigenvalue weighted by Crippen LogP contribution is 2.36. The predicted octanol–water partition coefficient (Wildman–Crippen LogP) is 2.77. The third-order valence-electron chi connectivity index (χ3n) is 2.54. The summed E-state index contributed by atoms with van der Waals surface area (Å²) in [5.41, 5.74) is 1.69. The van der Waals surface area contributed by atoms with Crippen LogP contribution in [-0.4, -0.2) is 21.9 Å². The molecule has 0 saturated heterocycles. The molecule has 2 rings (SSSR count). The third-order valence-corrected chi connectivity index (χ3v) is 3.56. The Morgan fingerprint density at radius 2 is 2.11 bits per heavy atom. The molecule has 0 bridgehead atoms. The minimum absolute atomic E-state index is 0.0282. The molecule has 0 atom stereocenters. The molecule has 0 spiro atoms. The lowest BCUT2D eigenvalue weighted by atomic mass is 10.2. The second-order valence-corrected chi connectivity index (χ2v) is 4.69. The van der Waals surface area contributed by atoms with Crippen LogP contribution in [0, 0.1) is 24.0 Å². The van der Waals surface area contributed by atoms with Gasteiger partial charge in [0.05, 0.1) is 9.80 Å². The quantitative estimate of drug-likeness (QED) is 0.681. The maximum Gasteiger partial charge on any atom is 0.317 e. The molecule has 18 heavy (non-hydrogen) atoms. The number of nitro groups is 1.